The lowest BCUT2D eigenvalue weighted by Gasteiger charge is -2.23. The van der Waals surface area contributed by atoms with E-state index in [9.17, 15) is 14.7 Å². The Kier molecular flexibility index (Phi) is 5.06. The molecule has 2 aliphatic rings. The summed E-state index contributed by atoms with van der Waals surface area (Å²) in [6, 6.07) is 15.0. The zero-order valence-corrected chi connectivity index (χ0v) is 17.6. The second kappa shape index (κ2) is 7.43. The molecule has 158 valence electrons. The first kappa shape index (κ1) is 20.4. The monoisotopic (exact) mass is 408 g/mol. The van der Waals surface area contributed by atoms with Crippen LogP contribution in [-0.4, -0.2) is 41.2 Å². The van der Waals surface area contributed by atoms with Crippen LogP contribution in [0.3, 0.4) is 0 Å². The van der Waals surface area contributed by atoms with E-state index in [-0.39, 0.29) is 24.5 Å². The number of ether oxygens (including phenoxy) is 1. The Labute approximate surface area is 176 Å². The fraction of sp³-hybridized carbons (Fsp3) is 0.417. The highest BCUT2D eigenvalue weighted by Crippen LogP contribution is 2.41. The molecule has 2 aromatic rings. The molecule has 2 N–H and O–H groups in total. The summed E-state index contributed by atoms with van der Waals surface area (Å²) in [6.45, 7) is 6.31. The van der Waals surface area contributed by atoms with E-state index in [4.69, 9.17) is 4.74 Å². The lowest BCUT2D eigenvalue weighted by atomic mass is 9.87. The highest BCUT2D eigenvalue weighted by molar-refractivity contribution is 6.08. The third kappa shape index (κ3) is 3.56. The van der Waals surface area contributed by atoms with Crippen molar-refractivity contribution in [2.24, 2.45) is 0 Å². The van der Waals surface area contributed by atoms with Gasteiger partial charge in [-0.05, 0) is 47.1 Å². The van der Waals surface area contributed by atoms with Gasteiger partial charge in [-0.15, -0.1) is 0 Å². The first-order valence-corrected chi connectivity index (χ1v) is 10.3. The maximum absolute atomic E-state index is 13.1. The molecule has 30 heavy (non-hydrogen) atoms. The van der Waals surface area contributed by atoms with Crippen LogP contribution < -0.4 is 10.1 Å². The fourth-order valence-electron chi connectivity index (χ4n) is 4.26. The van der Waals surface area contributed by atoms with Crippen molar-refractivity contribution in [3.8, 4) is 5.75 Å². The van der Waals surface area contributed by atoms with E-state index in [0.29, 0.717) is 12.2 Å². The van der Waals surface area contributed by atoms with Crippen molar-refractivity contribution in [2.75, 3.05) is 13.2 Å². The van der Waals surface area contributed by atoms with Crippen LogP contribution >= 0.6 is 0 Å². The number of nitrogens with one attached hydrogen (secondary N) is 1. The second-order valence-electron chi connectivity index (χ2n) is 9.15. The summed E-state index contributed by atoms with van der Waals surface area (Å²) in [7, 11) is 0. The topological polar surface area (TPSA) is 78.9 Å². The number of hydrogen-bond donors (Lipinski definition) is 2. The minimum Gasteiger partial charge on any atom is -0.491 e. The predicted octanol–water partition coefficient (Wildman–Crippen LogP) is 3.12. The van der Waals surface area contributed by atoms with E-state index in [2.05, 4.69) is 26.1 Å². The summed E-state index contributed by atoms with van der Waals surface area (Å²) in [4.78, 5) is 26.8. The van der Waals surface area contributed by atoms with Gasteiger partial charge in [0, 0.05) is 0 Å². The Morgan fingerprint density at radius 2 is 1.83 bits per heavy atom. The number of urea groups is 1. The van der Waals surface area contributed by atoms with Crippen molar-refractivity contribution in [1.29, 1.82) is 0 Å². The Morgan fingerprint density at radius 1 is 1.13 bits per heavy atom. The number of aryl methyl sites for hydroxylation is 1. The molecule has 6 nitrogen and oxygen atoms in total. The quantitative estimate of drug-likeness (QED) is 0.745. The third-order valence-corrected chi connectivity index (χ3v) is 5.98. The normalized spacial score (nSPS) is 21.7. The van der Waals surface area contributed by atoms with Gasteiger partial charge in [-0.1, -0.05) is 57.2 Å². The molecule has 4 rings (SSSR count). The first-order chi connectivity index (χ1) is 14.2. The maximum atomic E-state index is 13.1. The van der Waals surface area contributed by atoms with Crippen LogP contribution in [0.15, 0.2) is 48.5 Å². The molecule has 1 fully saturated rings. The number of imide groups is 1. The molecule has 6 heteroatoms. The average Bonchev–Trinajstić information content (AvgIpc) is 3.19. The Bertz CT molecular complexity index is 964. The van der Waals surface area contributed by atoms with Crippen molar-refractivity contribution >= 4 is 11.9 Å². The molecule has 1 heterocycles. The molecular formula is C24H28N2O4. The standard InChI is InChI=1S/C24H28N2O4/c1-23(2,3)17-8-10-19(11-9-17)30-15-18(27)14-26-21(28)24(25-22(26)29)13-12-16-6-4-5-7-20(16)24/h4-11,18,27H,12-15H2,1-3H3,(H,25,29)/t18-,24+/m0/s1. The van der Waals surface area contributed by atoms with Crippen LogP contribution in [0.1, 0.15) is 43.9 Å². The van der Waals surface area contributed by atoms with Gasteiger partial charge in [0.25, 0.3) is 5.91 Å². The molecule has 1 aliphatic heterocycles. The van der Waals surface area contributed by atoms with Crippen molar-refractivity contribution in [3.05, 3.63) is 65.2 Å². The van der Waals surface area contributed by atoms with Gasteiger partial charge in [0.05, 0.1) is 6.54 Å². The van der Waals surface area contributed by atoms with E-state index in [0.717, 1.165) is 22.4 Å². The highest BCUT2D eigenvalue weighted by Gasteiger charge is 2.55. The van der Waals surface area contributed by atoms with Crippen LogP contribution in [0.25, 0.3) is 0 Å². The highest BCUT2D eigenvalue weighted by atomic mass is 16.5. The van der Waals surface area contributed by atoms with Gasteiger partial charge in [0.15, 0.2) is 0 Å². The molecule has 1 aliphatic carbocycles. The summed E-state index contributed by atoms with van der Waals surface area (Å²) >= 11 is 0. The van der Waals surface area contributed by atoms with E-state index in [1.807, 2.05) is 48.5 Å². The fourth-order valence-corrected chi connectivity index (χ4v) is 4.26. The second-order valence-corrected chi connectivity index (χ2v) is 9.15. The number of amides is 3. The lowest BCUT2D eigenvalue weighted by Crippen LogP contribution is -2.43. The van der Waals surface area contributed by atoms with Crippen LogP contribution in [0.5, 0.6) is 5.75 Å². The van der Waals surface area contributed by atoms with E-state index in [1.54, 1.807) is 0 Å². The Balaban J connectivity index is 1.39. The summed E-state index contributed by atoms with van der Waals surface area (Å²) in [5.74, 6) is 0.339. The lowest BCUT2D eigenvalue weighted by molar-refractivity contribution is -0.132. The number of fused-ring (bicyclic) bond motifs is 2. The largest absolute Gasteiger partial charge is 0.491 e. The number of carbonyl (C=O) groups is 2. The maximum Gasteiger partial charge on any atom is 0.325 e. The van der Waals surface area contributed by atoms with Gasteiger partial charge < -0.3 is 15.2 Å². The van der Waals surface area contributed by atoms with Gasteiger partial charge in [0.2, 0.25) is 0 Å². The van der Waals surface area contributed by atoms with Gasteiger partial charge in [0.1, 0.15) is 24.0 Å². The molecule has 1 spiro atoms. The number of nitrogens with zero attached hydrogens (tertiary/aromatic N) is 1. The predicted molar refractivity (Wildman–Crippen MR) is 113 cm³/mol. The smallest absolute Gasteiger partial charge is 0.325 e. The van der Waals surface area contributed by atoms with E-state index >= 15 is 0 Å². The summed E-state index contributed by atoms with van der Waals surface area (Å²) in [5.41, 5.74) is 2.18. The molecule has 3 amide bonds. The first-order valence-electron chi connectivity index (χ1n) is 10.3. The van der Waals surface area contributed by atoms with Gasteiger partial charge >= 0.3 is 6.03 Å². The third-order valence-electron chi connectivity index (χ3n) is 5.98. The number of benzene rings is 2. The summed E-state index contributed by atoms with van der Waals surface area (Å²) in [6.07, 6.45) is 0.306. The zero-order chi connectivity index (χ0) is 21.5. The summed E-state index contributed by atoms with van der Waals surface area (Å²) in [5, 5.41) is 13.3. The van der Waals surface area contributed by atoms with Crippen LogP contribution in [0.4, 0.5) is 4.79 Å². The molecular weight excluding hydrogens is 380 g/mol. The van der Waals surface area contributed by atoms with Gasteiger partial charge in [-0.3, -0.25) is 9.69 Å². The summed E-state index contributed by atoms with van der Waals surface area (Å²) < 4.78 is 5.67. The number of aliphatic hydroxyl groups is 1. The van der Waals surface area contributed by atoms with Crippen molar-refractivity contribution in [2.45, 2.75) is 50.7 Å². The van der Waals surface area contributed by atoms with Crippen molar-refractivity contribution < 1.29 is 19.4 Å². The van der Waals surface area contributed by atoms with E-state index < -0.39 is 17.7 Å². The number of hydrogen-bond acceptors (Lipinski definition) is 4. The molecule has 1 saturated heterocycles. The molecule has 2 atom stereocenters. The molecule has 0 aromatic heterocycles. The Morgan fingerprint density at radius 3 is 2.53 bits per heavy atom. The molecule has 2 aromatic carbocycles. The number of β-amino-alcohol motifs (C(OH)–C–C–N with tert-alkyl or cyclic N) is 1. The van der Waals surface area contributed by atoms with E-state index in [1.165, 1.54) is 5.56 Å². The molecule has 0 radical (unpaired) electrons. The van der Waals surface area contributed by atoms with Crippen LogP contribution in [-0.2, 0) is 22.2 Å². The molecule has 0 unspecified atom stereocenters. The minimum atomic E-state index is -1.00. The Hall–Kier alpha value is -2.86. The van der Waals surface area contributed by atoms with Gasteiger partial charge in [-0.25, -0.2) is 4.79 Å². The number of rotatable bonds is 5. The van der Waals surface area contributed by atoms with Crippen LogP contribution in [0, 0.1) is 0 Å². The van der Waals surface area contributed by atoms with Crippen molar-refractivity contribution in [1.82, 2.24) is 10.2 Å². The number of carbonyl (C=O) groups excluding carboxylic acids is 2. The number of aliphatic hydroxyl groups excluding tert-OH is 1. The van der Waals surface area contributed by atoms with Gasteiger partial charge in [-0.2, -0.15) is 0 Å². The minimum absolute atomic E-state index is 0.00445. The van der Waals surface area contributed by atoms with Crippen LogP contribution in [0.2, 0.25) is 0 Å². The zero-order valence-electron chi connectivity index (χ0n) is 17.6. The average molecular weight is 408 g/mol. The molecule has 0 bridgehead atoms. The molecule has 0 saturated carbocycles. The SMILES string of the molecule is CC(C)(C)c1ccc(OC[C@@H](O)CN2C(=O)N[C@@]3(CCc4ccccc43)C2=O)cc1. The van der Waals surface area contributed by atoms with Crippen molar-refractivity contribution in [3.63, 3.8) is 0 Å².